The van der Waals surface area contributed by atoms with Gasteiger partial charge in [0.1, 0.15) is 22.4 Å². The molecule has 4 spiro atoms. The van der Waals surface area contributed by atoms with Crippen LogP contribution in [0.15, 0.2) is 11.6 Å². The van der Waals surface area contributed by atoms with Gasteiger partial charge in [0, 0.05) is 33.0 Å². The topological polar surface area (TPSA) is 57.2 Å². The fraction of sp³-hybridized carbons (Fsp3) is 0.905. The maximum atomic E-state index is 9.49. The minimum Gasteiger partial charge on any atom is -0.396 e. The second-order valence-corrected chi connectivity index (χ2v) is 8.68. The van der Waals surface area contributed by atoms with Gasteiger partial charge in [-0.2, -0.15) is 0 Å². The van der Waals surface area contributed by atoms with E-state index in [-0.39, 0.29) is 6.61 Å². The van der Waals surface area contributed by atoms with Crippen molar-refractivity contribution in [3.8, 4) is 0 Å². The lowest BCUT2D eigenvalue weighted by atomic mass is 9.53. The zero-order valence-corrected chi connectivity index (χ0v) is 15.8. The summed E-state index contributed by atoms with van der Waals surface area (Å²) in [5, 5.41) is 9.49. The lowest BCUT2D eigenvalue weighted by Gasteiger charge is -2.63. The molecule has 0 aromatic heterocycles. The van der Waals surface area contributed by atoms with E-state index in [1.54, 1.807) is 0 Å². The Morgan fingerprint density at radius 2 is 1.42 bits per heavy atom. The largest absolute Gasteiger partial charge is 0.396 e. The van der Waals surface area contributed by atoms with Gasteiger partial charge in [-0.15, -0.1) is 0 Å². The van der Waals surface area contributed by atoms with E-state index >= 15 is 0 Å². The summed E-state index contributed by atoms with van der Waals surface area (Å²) in [4.78, 5) is 0. The van der Waals surface area contributed by atoms with Crippen LogP contribution in [0.25, 0.3) is 0 Å². The average molecular weight is 364 g/mol. The molecule has 0 saturated carbocycles. The summed E-state index contributed by atoms with van der Waals surface area (Å²) in [6.45, 7) is 3.34. The van der Waals surface area contributed by atoms with Gasteiger partial charge in [0.05, 0.1) is 0 Å². The van der Waals surface area contributed by atoms with Crippen molar-refractivity contribution in [3.63, 3.8) is 0 Å². The third-order valence-electron chi connectivity index (χ3n) is 7.64. The molecule has 4 saturated heterocycles. The zero-order chi connectivity index (χ0) is 17.7. The molecule has 5 nitrogen and oxygen atoms in total. The standard InChI is InChI=1S/C21H32O5/c22-11-1-6-17-16-18(7-2-12-23-18)20(9-4-14-25-20)21(10-5-15-26-21)19(17)8-3-13-24-19/h16,22H,1-15H2/t18-,19+,20-,21-/m1/s1. The third kappa shape index (κ3) is 1.99. The maximum Gasteiger partial charge on any atom is 0.133 e. The highest BCUT2D eigenvalue weighted by atomic mass is 16.6. The number of hydrogen-bond acceptors (Lipinski definition) is 5. The number of ether oxygens (including phenoxy) is 4. The second kappa shape index (κ2) is 6.28. The van der Waals surface area contributed by atoms with E-state index in [1.165, 1.54) is 5.57 Å². The lowest BCUT2D eigenvalue weighted by Crippen LogP contribution is -2.77. The predicted octanol–water partition coefficient (Wildman–Crippen LogP) is 2.90. The highest BCUT2D eigenvalue weighted by molar-refractivity contribution is 5.44. The fourth-order valence-electron chi connectivity index (χ4n) is 6.86. The second-order valence-electron chi connectivity index (χ2n) is 8.68. The van der Waals surface area contributed by atoms with Crippen molar-refractivity contribution in [2.24, 2.45) is 0 Å². The Balaban J connectivity index is 1.73. The summed E-state index contributed by atoms with van der Waals surface area (Å²) in [6, 6.07) is 0. The van der Waals surface area contributed by atoms with Crippen molar-refractivity contribution in [2.75, 3.05) is 33.0 Å². The van der Waals surface area contributed by atoms with Crippen LogP contribution in [-0.4, -0.2) is 60.5 Å². The van der Waals surface area contributed by atoms with Gasteiger partial charge in [-0.25, -0.2) is 0 Å². The van der Waals surface area contributed by atoms with Gasteiger partial charge in [-0.1, -0.05) is 0 Å². The van der Waals surface area contributed by atoms with Crippen LogP contribution in [0.1, 0.15) is 64.2 Å². The Labute approximate surface area is 156 Å². The predicted molar refractivity (Wildman–Crippen MR) is 96.1 cm³/mol. The minimum atomic E-state index is -0.448. The van der Waals surface area contributed by atoms with E-state index < -0.39 is 22.4 Å². The van der Waals surface area contributed by atoms with E-state index in [0.717, 1.165) is 90.6 Å². The quantitative estimate of drug-likeness (QED) is 0.781. The normalized spacial score (nSPS) is 47.8. The molecule has 146 valence electrons. The first kappa shape index (κ1) is 17.6. The van der Waals surface area contributed by atoms with E-state index in [2.05, 4.69) is 6.08 Å². The zero-order valence-electron chi connectivity index (χ0n) is 15.8. The van der Waals surface area contributed by atoms with E-state index in [9.17, 15) is 5.11 Å². The molecule has 5 rings (SSSR count). The minimum absolute atomic E-state index is 0.205. The van der Waals surface area contributed by atoms with Gasteiger partial charge >= 0.3 is 0 Å². The van der Waals surface area contributed by atoms with Crippen molar-refractivity contribution in [1.29, 1.82) is 0 Å². The van der Waals surface area contributed by atoms with Gasteiger partial charge in [0.15, 0.2) is 0 Å². The highest BCUT2D eigenvalue weighted by Crippen LogP contribution is 2.66. The highest BCUT2D eigenvalue weighted by Gasteiger charge is 2.78. The first-order valence-corrected chi connectivity index (χ1v) is 10.6. The first-order chi connectivity index (χ1) is 12.7. The molecule has 0 radical (unpaired) electrons. The van der Waals surface area contributed by atoms with Crippen molar-refractivity contribution in [2.45, 2.75) is 86.6 Å². The number of aliphatic hydroxyl groups is 1. The molecule has 0 unspecified atom stereocenters. The summed E-state index contributed by atoms with van der Waals surface area (Å²) < 4.78 is 26.5. The lowest BCUT2D eigenvalue weighted by molar-refractivity contribution is -0.298. The molecule has 0 aromatic carbocycles. The van der Waals surface area contributed by atoms with Gasteiger partial charge in [0.2, 0.25) is 0 Å². The van der Waals surface area contributed by atoms with Crippen LogP contribution in [-0.2, 0) is 18.9 Å². The van der Waals surface area contributed by atoms with Crippen LogP contribution in [0.2, 0.25) is 0 Å². The van der Waals surface area contributed by atoms with Gasteiger partial charge in [-0.3, -0.25) is 0 Å². The van der Waals surface area contributed by atoms with E-state index in [4.69, 9.17) is 18.9 Å². The van der Waals surface area contributed by atoms with E-state index in [1.807, 2.05) is 0 Å². The molecule has 4 aliphatic heterocycles. The average Bonchev–Trinajstić information content (AvgIpc) is 3.44. The number of hydrogen-bond donors (Lipinski definition) is 1. The van der Waals surface area contributed by atoms with Crippen molar-refractivity contribution >= 4 is 0 Å². The molecule has 1 N–H and O–H groups in total. The van der Waals surface area contributed by atoms with Gasteiger partial charge < -0.3 is 24.1 Å². The van der Waals surface area contributed by atoms with Gasteiger partial charge in [-0.05, 0) is 75.9 Å². The molecule has 4 atom stereocenters. The molecule has 1 aliphatic carbocycles. The molecule has 4 fully saturated rings. The monoisotopic (exact) mass is 364 g/mol. The fourth-order valence-corrected chi connectivity index (χ4v) is 6.86. The Kier molecular flexibility index (Phi) is 4.26. The van der Waals surface area contributed by atoms with Crippen LogP contribution >= 0.6 is 0 Å². The molecule has 0 aromatic rings. The number of fused-ring (bicyclic) bond motifs is 3. The summed E-state index contributed by atoms with van der Waals surface area (Å²) in [5.74, 6) is 0. The molecule has 0 bridgehead atoms. The Bertz CT molecular complexity index is 559. The van der Waals surface area contributed by atoms with Crippen LogP contribution in [0.5, 0.6) is 0 Å². The van der Waals surface area contributed by atoms with Gasteiger partial charge in [0.25, 0.3) is 0 Å². The summed E-state index contributed by atoms with van der Waals surface area (Å²) >= 11 is 0. The summed E-state index contributed by atoms with van der Waals surface area (Å²) in [7, 11) is 0. The Hall–Kier alpha value is -0.460. The van der Waals surface area contributed by atoms with Crippen LogP contribution in [0, 0.1) is 0 Å². The maximum absolute atomic E-state index is 9.49. The van der Waals surface area contributed by atoms with Crippen LogP contribution in [0.4, 0.5) is 0 Å². The third-order valence-corrected chi connectivity index (χ3v) is 7.64. The first-order valence-electron chi connectivity index (χ1n) is 10.6. The molecule has 5 aliphatic rings. The van der Waals surface area contributed by atoms with Crippen molar-refractivity contribution in [3.05, 3.63) is 11.6 Å². The summed E-state index contributed by atoms with van der Waals surface area (Å²) in [6.07, 6.45) is 12.2. The Morgan fingerprint density at radius 3 is 2.00 bits per heavy atom. The van der Waals surface area contributed by atoms with Crippen LogP contribution in [0.3, 0.4) is 0 Å². The molecule has 5 heteroatoms. The molecular weight excluding hydrogens is 332 g/mol. The van der Waals surface area contributed by atoms with Crippen LogP contribution < -0.4 is 0 Å². The Morgan fingerprint density at radius 1 is 0.769 bits per heavy atom. The SMILES string of the molecule is OCCCC1=C[C@]2(CCCO2)[C@]2(CCCO2)[C@@]2(CCCO2)[C@]12CCCO2. The molecule has 26 heavy (non-hydrogen) atoms. The van der Waals surface area contributed by atoms with Crippen molar-refractivity contribution < 1.29 is 24.1 Å². The summed E-state index contributed by atoms with van der Waals surface area (Å²) in [5.41, 5.74) is -0.374. The van der Waals surface area contributed by atoms with E-state index in [0.29, 0.717) is 0 Å². The molecule has 4 heterocycles. The molecule has 0 amide bonds. The smallest absolute Gasteiger partial charge is 0.133 e. The van der Waals surface area contributed by atoms with Crippen molar-refractivity contribution in [1.82, 2.24) is 0 Å². The number of rotatable bonds is 3. The molecular formula is C21H32O5. The number of aliphatic hydroxyl groups excluding tert-OH is 1.